The maximum Gasteiger partial charge on any atom is 0.122 e. The highest BCUT2D eigenvalue weighted by atomic mass is 16.5. The number of nitrogens with zero attached hydrogens (tertiary/aromatic N) is 2. The molecule has 5 nitrogen and oxygen atoms in total. The fraction of sp³-hybridized carbons (Fsp3) is 0.438. The molecular formula is C16H22N4O. The van der Waals surface area contributed by atoms with Crippen molar-refractivity contribution in [3.63, 3.8) is 0 Å². The van der Waals surface area contributed by atoms with Crippen LogP contribution in [0.5, 0.6) is 5.75 Å². The Morgan fingerprint density at radius 3 is 3.00 bits per heavy atom. The molecule has 5 heteroatoms. The van der Waals surface area contributed by atoms with Crippen LogP contribution in [0, 0.1) is 0 Å². The number of fused-ring (bicyclic) bond motifs is 1. The minimum absolute atomic E-state index is 0.133. The number of nitrogens with two attached hydrogens (primary N) is 1. The summed E-state index contributed by atoms with van der Waals surface area (Å²) in [5.74, 6) is 7.06. The van der Waals surface area contributed by atoms with Crippen LogP contribution < -0.4 is 16.0 Å². The molecule has 0 fully saturated rings. The molecule has 3 rings (SSSR count). The molecule has 21 heavy (non-hydrogen) atoms. The third-order valence-electron chi connectivity index (χ3n) is 4.26. The fourth-order valence-corrected chi connectivity index (χ4v) is 3.00. The van der Waals surface area contributed by atoms with Gasteiger partial charge in [0.15, 0.2) is 0 Å². The Labute approximate surface area is 125 Å². The van der Waals surface area contributed by atoms with E-state index in [0.717, 1.165) is 24.3 Å². The summed E-state index contributed by atoms with van der Waals surface area (Å²) >= 11 is 0. The van der Waals surface area contributed by atoms with Crippen LogP contribution in [0.15, 0.2) is 30.3 Å². The number of hydrogen-bond acceptors (Lipinski definition) is 4. The van der Waals surface area contributed by atoms with E-state index in [4.69, 9.17) is 10.6 Å². The first-order valence-electron chi connectivity index (χ1n) is 7.42. The number of nitrogens with one attached hydrogen (secondary N) is 1. The molecule has 2 atom stereocenters. The Bertz CT molecular complexity index is 622. The lowest BCUT2D eigenvalue weighted by Gasteiger charge is -2.22. The topological polar surface area (TPSA) is 65.1 Å². The van der Waals surface area contributed by atoms with Gasteiger partial charge in [0.05, 0.1) is 12.3 Å². The molecule has 2 heterocycles. The van der Waals surface area contributed by atoms with Crippen LogP contribution in [-0.4, -0.2) is 22.4 Å². The lowest BCUT2D eigenvalue weighted by molar-refractivity contribution is 0.296. The number of hydrogen-bond donors (Lipinski definition) is 2. The van der Waals surface area contributed by atoms with Crippen molar-refractivity contribution in [2.24, 2.45) is 12.9 Å². The first-order valence-corrected chi connectivity index (χ1v) is 7.42. The molecule has 3 N–H and O–H groups in total. The number of rotatable bonds is 5. The van der Waals surface area contributed by atoms with Crippen molar-refractivity contribution < 1.29 is 4.74 Å². The van der Waals surface area contributed by atoms with Crippen LogP contribution in [0.4, 0.5) is 0 Å². The largest absolute Gasteiger partial charge is 0.493 e. The first kappa shape index (κ1) is 14.1. The minimum atomic E-state index is 0.133. The second kappa shape index (κ2) is 5.87. The van der Waals surface area contributed by atoms with Crippen molar-refractivity contribution in [3.8, 4) is 5.75 Å². The zero-order chi connectivity index (χ0) is 14.8. The molecule has 0 saturated carbocycles. The monoisotopic (exact) mass is 286 g/mol. The molecule has 1 aromatic heterocycles. The maximum absolute atomic E-state index is 5.81. The van der Waals surface area contributed by atoms with Gasteiger partial charge in [0.1, 0.15) is 5.75 Å². The summed E-state index contributed by atoms with van der Waals surface area (Å²) in [6.45, 7) is 2.79. The van der Waals surface area contributed by atoms with Crippen LogP contribution in [0.2, 0.25) is 0 Å². The van der Waals surface area contributed by atoms with E-state index in [1.165, 1.54) is 11.3 Å². The van der Waals surface area contributed by atoms with Gasteiger partial charge in [0, 0.05) is 36.7 Å². The Kier molecular flexibility index (Phi) is 3.94. The average Bonchev–Trinajstić information content (AvgIpc) is 3.08. The molecule has 0 radical (unpaired) electrons. The number of aromatic nitrogens is 2. The standard InChI is InChI=1S/C16H22N4O/c1-3-11-8-12(20(2)19-11)9-15(18-17)14-10-21-16-7-5-4-6-13(14)16/h4-8,14-15,18H,3,9-10,17H2,1-2H3. The van der Waals surface area contributed by atoms with Crippen molar-refractivity contribution in [2.45, 2.75) is 31.7 Å². The molecule has 2 unspecified atom stereocenters. The van der Waals surface area contributed by atoms with Crippen LogP contribution in [0.1, 0.15) is 29.8 Å². The highest BCUT2D eigenvalue weighted by molar-refractivity contribution is 5.40. The third kappa shape index (κ3) is 2.66. The van der Waals surface area contributed by atoms with E-state index in [1.807, 2.05) is 29.9 Å². The van der Waals surface area contributed by atoms with Gasteiger partial charge in [-0.3, -0.25) is 16.0 Å². The Balaban J connectivity index is 1.81. The fourth-order valence-electron chi connectivity index (χ4n) is 3.00. The summed E-state index contributed by atoms with van der Waals surface area (Å²) in [5.41, 5.74) is 6.51. The molecule has 0 spiro atoms. The second-order valence-electron chi connectivity index (χ2n) is 5.54. The van der Waals surface area contributed by atoms with E-state index < -0.39 is 0 Å². The van der Waals surface area contributed by atoms with Crippen molar-refractivity contribution in [1.82, 2.24) is 15.2 Å². The van der Waals surface area contributed by atoms with Gasteiger partial charge in [0.25, 0.3) is 0 Å². The van der Waals surface area contributed by atoms with E-state index in [9.17, 15) is 0 Å². The van der Waals surface area contributed by atoms with Crippen molar-refractivity contribution in [3.05, 3.63) is 47.3 Å². The molecule has 2 aromatic rings. The van der Waals surface area contributed by atoms with Crippen LogP contribution in [0.25, 0.3) is 0 Å². The van der Waals surface area contributed by atoms with Crippen molar-refractivity contribution in [1.29, 1.82) is 0 Å². The van der Waals surface area contributed by atoms with E-state index >= 15 is 0 Å². The molecule has 1 aromatic carbocycles. The molecule has 112 valence electrons. The van der Waals surface area contributed by atoms with Crippen LogP contribution in [-0.2, 0) is 19.9 Å². The molecule has 0 saturated heterocycles. The van der Waals surface area contributed by atoms with Crippen molar-refractivity contribution in [2.75, 3.05) is 6.61 Å². The number of para-hydroxylation sites is 1. The van der Waals surface area contributed by atoms with Gasteiger partial charge >= 0.3 is 0 Å². The molecule has 1 aliphatic heterocycles. The minimum Gasteiger partial charge on any atom is -0.493 e. The SMILES string of the molecule is CCc1cc(CC(NN)C2COc3ccccc32)n(C)n1. The number of ether oxygens (including phenoxy) is 1. The Morgan fingerprint density at radius 1 is 1.48 bits per heavy atom. The Hall–Kier alpha value is -1.85. The van der Waals surface area contributed by atoms with E-state index in [1.54, 1.807) is 0 Å². The normalized spacial score (nSPS) is 18.3. The molecule has 1 aliphatic rings. The third-order valence-corrected chi connectivity index (χ3v) is 4.26. The van der Waals surface area contributed by atoms with Gasteiger partial charge in [-0.25, -0.2) is 0 Å². The van der Waals surface area contributed by atoms with Gasteiger partial charge in [-0.1, -0.05) is 25.1 Å². The van der Waals surface area contributed by atoms with Gasteiger partial charge in [-0.05, 0) is 18.6 Å². The number of hydrazine groups is 1. The molecule has 0 amide bonds. The summed E-state index contributed by atoms with van der Waals surface area (Å²) in [6.07, 6.45) is 1.78. The van der Waals surface area contributed by atoms with Crippen LogP contribution in [0.3, 0.4) is 0 Å². The quantitative estimate of drug-likeness (QED) is 0.646. The smallest absolute Gasteiger partial charge is 0.122 e. The molecule has 0 aliphatic carbocycles. The van der Waals surface area contributed by atoms with Crippen LogP contribution >= 0.6 is 0 Å². The first-order chi connectivity index (χ1) is 10.2. The zero-order valence-corrected chi connectivity index (χ0v) is 12.5. The average molecular weight is 286 g/mol. The van der Waals surface area contributed by atoms with Crippen molar-refractivity contribution >= 4 is 0 Å². The summed E-state index contributed by atoms with van der Waals surface area (Å²) < 4.78 is 7.72. The Morgan fingerprint density at radius 2 is 2.29 bits per heavy atom. The highest BCUT2D eigenvalue weighted by Gasteiger charge is 2.31. The summed E-state index contributed by atoms with van der Waals surface area (Å²) in [7, 11) is 1.99. The zero-order valence-electron chi connectivity index (χ0n) is 12.5. The number of aryl methyl sites for hydroxylation is 2. The summed E-state index contributed by atoms with van der Waals surface area (Å²) in [4.78, 5) is 0. The van der Waals surface area contributed by atoms with Gasteiger partial charge in [0.2, 0.25) is 0 Å². The summed E-state index contributed by atoms with van der Waals surface area (Å²) in [5, 5.41) is 4.50. The maximum atomic E-state index is 5.81. The summed E-state index contributed by atoms with van der Waals surface area (Å²) in [6, 6.07) is 10.5. The lowest BCUT2D eigenvalue weighted by Crippen LogP contribution is -2.42. The number of benzene rings is 1. The second-order valence-corrected chi connectivity index (χ2v) is 5.54. The van der Waals surface area contributed by atoms with E-state index in [0.29, 0.717) is 6.61 Å². The highest BCUT2D eigenvalue weighted by Crippen LogP contribution is 2.36. The molecular weight excluding hydrogens is 264 g/mol. The van der Waals surface area contributed by atoms with Gasteiger partial charge < -0.3 is 4.74 Å². The van der Waals surface area contributed by atoms with Gasteiger partial charge in [-0.15, -0.1) is 0 Å². The predicted molar refractivity (Wildman–Crippen MR) is 82.1 cm³/mol. The predicted octanol–water partition coefficient (Wildman–Crippen LogP) is 1.53. The van der Waals surface area contributed by atoms with E-state index in [-0.39, 0.29) is 12.0 Å². The molecule has 0 bridgehead atoms. The van der Waals surface area contributed by atoms with E-state index in [2.05, 4.69) is 29.6 Å². The van der Waals surface area contributed by atoms with Gasteiger partial charge in [-0.2, -0.15) is 5.10 Å². The lowest BCUT2D eigenvalue weighted by atomic mass is 9.90.